The minimum Gasteiger partial charge on any atom is -0.465 e. The third kappa shape index (κ3) is 2.99. The Morgan fingerprint density at radius 2 is 2.31 bits per heavy atom. The zero-order chi connectivity index (χ0) is 12.1. The summed E-state index contributed by atoms with van der Waals surface area (Å²) < 4.78 is 34.3. The number of carbonyl (C=O) groups is 1. The van der Waals surface area contributed by atoms with Gasteiger partial charge in [-0.3, -0.25) is 4.68 Å². The average molecular weight is 234 g/mol. The molecule has 0 aliphatic rings. The maximum atomic E-state index is 11.9. The Morgan fingerprint density at radius 1 is 1.62 bits per heavy atom. The molecule has 1 rings (SSSR count). The average Bonchev–Trinajstić information content (AvgIpc) is 2.59. The molecule has 0 fully saturated rings. The van der Waals surface area contributed by atoms with Gasteiger partial charge in [-0.25, -0.2) is 13.6 Å². The van der Waals surface area contributed by atoms with E-state index in [9.17, 15) is 13.6 Å². The number of esters is 1. The molecule has 90 valence electrons. The molecule has 0 amide bonds. The molecule has 0 unspecified atom stereocenters. The number of methoxy groups -OCH3 is 1. The van der Waals surface area contributed by atoms with Crippen molar-refractivity contribution in [3.63, 3.8) is 0 Å². The fourth-order valence-electron chi connectivity index (χ4n) is 1.16. The summed E-state index contributed by atoms with van der Waals surface area (Å²) in [6.07, 6.45) is -1.22. The number of aromatic nitrogens is 2. The van der Waals surface area contributed by atoms with E-state index in [0.29, 0.717) is 5.69 Å². The molecule has 5 nitrogen and oxygen atoms in total. The summed E-state index contributed by atoms with van der Waals surface area (Å²) in [6.45, 7) is -0.781. The number of ether oxygens (including phenoxy) is 2. The molecule has 1 heterocycles. The van der Waals surface area contributed by atoms with Crippen LogP contribution < -0.4 is 0 Å². The van der Waals surface area contributed by atoms with E-state index in [1.54, 1.807) is 7.05 Å². The Morgan fingerprint density at radius 3 is 2.88 bits per heavy atom. The van der Waals surface area contributed by atoms with Crippen molar-refractivity contribution in [3.8, 4) is 0 Å². The summed E-state index contributed by atoms with van der Waals surface area (Å²) in [6, 6.07) is 0. The number of rotatable bonds is 5. The second-order valence-electron chi connectivity index (χ2n) is 3.03. The highest BCUT2D eigenvalue weighted by Gasteiger charge is 2.16. The van der Waals surface area contributed by atoms with E-state index >= 15 is 0 Å². The maximum absolute atomic E-state index is 11.9. The van der Waals surface area contributed by atoms with E-state index in [1.165, 1.54) is 18.0 Å². The molecule has 0 aliphatic heterocycles. The van der Waals surface area contributed by atoms with Gasteiger partial charge in [0.1, 0.15) is 12.2 Å². The molecule has 0 aromatic carbocycles. The largest absolute Gasteiger partial charge is 0.465 e. The van der Waals surface area contributed by atoms with E-state index in [1.807, 2.05) is 0 Å². The summed E-state index contributed by atoms with van der Waals surface area (Å²) >= 11 is 0. The molecular formula is C9H12F2N2O3. The number of nitrogens with zero attached hydrogens (tertiary/aromatic N) is 2. The van der Waals surface area contributed by atoms with E-state index in [0.717, 1.165) is 0 Å². The predicted octanol–water partition coefficient (Wildman–Crippen LogP) is 0.988. The molecule has 1 aromatic heterocycles. The smallest absolute Gasteiger partial charge is 0.341 e. The Bertz CT molecular complexity index is 366. The van der Waals surface area contributed by atoms with Gasteiger partial charge in [0.2, 0.25) is 0 Å². The summed E-state index contributed by atoms with van der Waals surface area (Å²) in [5.41, 5.74) is 0.631. The third-order valence-electron chi connectivity index (χ3n) is 1.95. The standard InChI is InChI=1S/C9H12F2N2O3/c1-13-7(4-16-5-8(10)11)6(3-12-13)9(14)15-2/h3,8H,4-5H2,1-2H3. The van der Waals surface area contributed by atoms with Crippen LogP contribution in [0.2, 0.25) is 0 Å². The van der Waals surface area contributed by atoms with Gasteiger partial charge in [-0.1, -0.05) is 0 Å². The lowest BCUT2D eigenvalue weighted by atomic mass is 10.2. The van der Waals surface area contributed by atoms with Crippen molar-refractivity contribution in [2.24, 2.45) is 7.05 Å². The van der Waals surface area contributed by atoms with Crippen LogP contribution in [0.4, 0.5) is 8.78 Å². The van der Waals surface area contributed by atoms with Crippen LogP contribution in [-0.4, -0.2) is 35.9 Å². The van der Waals surface area contributed by atoms with E-state index < -0.39 is 19.0 Å². The molecule has 0 saturated carbocycles. The van der Waals surface area contributed by atoms with Gasteiger partial charge < -0.3 is 9.47 Å². The van der Waals surface area contributed by atoms with E-state index in [4.69, 9.17) is 4.74 Å². The van der Waals surface area contributed by atoms with Crippen LogP contribution in [0.1, 0.15) is 16.1 Å². The van der Waals surface area contributed by atoms with Gasteiger partial charge in [0, 0.05) is 7.05 Å². The van der Waals surface area contributed by atoms with Crippen LogP contribution in [-0.2, 0) is 23.1 Å². The van der Waals surface area contributed by atoms with Crippen molar-refractivity contribution >= 4 is 5.97 Å². The second-order valence-corrected chi connectivity index (χ2v) is 3.03. The van der Waals surface area contributed by atoms with Crippen LogP contribution in [0.15, 0.2) is 6.20 Å². The first kappa shape index (κ1) is 12.6. The van der Waals surface area contributed by atoms with Crippen molar-refractivity contribution in [3.05, 3.63) is 17.5 Å². The van der Waals surface area contributed by atoms with Gasteiger partial charge in [-0.2, -0.15) is 5.10 Å². The Hall–Kier alpha value is -1.50. The summed E-state index contributed by atoms with van der Waals surface area (Å²) in [4.78, 5) is 11.3. The number of halogens is 2. The molecule has 0 spiro atoms. The number of carbonyl (C=O) groups excluding carboxylic acids is 1. The van der Waals surface area contributed by atoms with Gasteiger partial charge in [0.25, 0.3) is 6.43 Å². The van der Waals surface area contributed by atoms with Crippen molar-refractivity contribution in [2.45, 2.75) is 13.0 Å². The zero-order valence-corrected chi connectivity index (χ0v) is 8.94. The highest BCUT2D eigenvalue weighted by Crippen LogP contribution is 2.10. The first-order valence-corrected chi connectivity index (χ1v) is 4.51. The van der Waals surface area contributed by atoms with Crippen molar-refractivity contribution < 1.29 is 23.0 Å². The predicted molar refractivity (Wildman–Crippen MR) is 50.2 cm³/mol. The highest BCUT2D eigenvalue weighted by molar-refractivity contribution is 5.90. The first-order chi connectivity index (χ1) is 7.56. The Labute approximate surface area is 90.9 Å². The van der Waals surface area contributed by atoms with Gasteiger partial charge in [-0.05, 0) is 0 Å². The number of aryl methyl sites for hydroxylation is 1. The quantitative estimate of drug-likeness (QED) is 0.713. The van der Waals surface area contributed by atoms with E-state index in [2.05, 4.69) is 9.84 Å². The van der Waals surface area contributed by atoms with Gasteiger partial charge in [0.15, 0.2) is 0 Å². The molecule has 0 N–H and O–H groups in total. The van der Waals surface area contributed by atoms with Gasteiger partial charge >= 0.3 is 5.97 Å². The third-order valence-corrected chi connectivity index (χ3v) is 1.95. The van der Waals surface area contributed by atoms with Crippen LogP contribution in [0.3, 0.4) is 0 Å². The lowest BCUT2D eigenvalue weighted by Crippen LogP contribution is -2.11. The first-order valence-electron chi connectivity index (χ1n) is 4.51. The number of alkyl halides is 2. The van der Waals surface area contributed by atoms with Crippen molar-refractivity contribution in [1.29, 1.82) is 0 Å². The van der Waals surface area contributed by atoms with E-state index in [-0.39, 0.29) is 12.2 Å². The zero-order valence-electron chi connectivity index (χ0n) is 8.94. The van der Waals surface area contributed by atoms with Crippen LogP contribution in [0.25, 0.3) is 0 Å². The van der Waals surface area contributed by atoms with Crippen LogP contribution in [0.5, 0.6) is 0 Å². The Balaban J connectivity index is 2.70. The number of hydrogen-bond donors (Lipinski definition) is 0. The van der Waals surface area contributed by atoms with Gasteiger partial charge in [-0.15, -0.1) is 0 Å². The lowest BCUT2D eigenvalue weighted by Gasteiger charge is -2.06. The number of hydrogen-bond acceptors (Lipinski definition) is 4. The van der Waals surface area contributed by atoms with Crippen molar-refractivity contribution in [1.82, 2.24) is 9.78 Å². The fraction of sp³-hybridized carbons (Fsp3) is 0.556. The molecule has 7 heteroatoms. The van der Waals surface area contributed by atoms with Crippen molar-refractivity contribution in [2.75, 3.05) is 13.7 Å². The molecule has 16 heavy (non-hydrogen) atoms. The molecule has 1 aromatic rings. The summed E-state index contributed by atoms with van der Waals surface area (Å²) in [7, 11) is 2.83. The molecule has 0 radical (unpaired) electrons. The maximum Gasteiger partial charge on any atom is 0.341 e. The SMILES string of the molecule is COC(=O)c1cnn(C)c1COCC(F)F. The summed E-state index contributed by atoms with van der Waals surface area (Å²) in [5.74, 6) is -0.566. The molecule has 0 bridgehead atoms. The lowest BCUT2D eigenvalue weighted by molar-refractivity contribution is 0.00749. The highest BCUT2D eigenvalue weighted by atomic mass is 19.3. The molecule has 0 aliphatic carbocycles. The topological polar surface area (TPSA) is 53.3 Å². The fourth-order valence-corrected chi connectivity index (χ4v) is 1.16. The minimum atomic E-state index is -2.53. The monoisotopic (exact) mass is 234 g/mol. The second kappa shape index (κ2) is 5.55. The molecule has 0 atom stereocenters. The van der Waals surface area contributed by atoms with Crippen LogP contribution in [0, 0.1) is 0 Å². The normalized spacial score (nSPS) is 10.8. The molecular weight excluding hydrogens is 222 g/mol. The van der Waals surface area contributed by atoms with Crippen LogP contribution >= 0.6 is 0 Å². The summed E-state index contributed by atoms with van der Waals surface area (Å²) in [5, 5.41) is 3.83. The minimum absolute atomic E-state index is 0.106. The Kier molecular flexibility index (Phi) is 4.36. The van der Waals surface area contributed by atoms with Gasteiger partial charge in [0.05, 0.1) is 25.6 Å². The molecule has 0 saturated heterocycles.